The number of hydrogen-bond donors (Lipinski definition) is 0. The molecule has 3 fully saturated rings. The van der Waals surface area contributed by atoms with Crippen LogP contribution in [0.4, 0.5) is 0 Å². The molecule has 0 bridgehead atoms. The zero-order valence-electron chi connectivity index (χ0n) is 12.6. The van der Waals surface area contributed by atoms with E-state index in [2.05, 4.69) is 33.5 Å². The lowest BCUT2D eigenvalue weighted by Gasteiger charge is -2.37. The van der Waals surface area contributed by atoms with Crippen molar-refractivity contribution in [3.8, 4) is 0 Å². The zero-order valence-corrected chi connectivity index (χ0v) is 13.4. The van der Waals surface area contributed by atoms with Crippen molar-refractivity contribution in [2.24, 2.45) is 5.92 Å². The highest BCUT2D eigenvalue weighted by Crippen LogP contribution is 2.38. The van der Waals surface area contributed by atoms with Crippen LogP contribution in [0.25, 0.3) is 0 Å². The number of amides is 1. The maximum atomic E-state index is 12.3. The number of piperazine rings is 1. The molecule has 3 rings (SSSR count). The van der Waals surface area contributed by atoms with Crippen LogP contribution >= 0.6 is 11.8 Å². The number of hydrogen-bond acceptors (Lipinski definition) is 4. The quantitative estimate of drug-likeness (QED) is 0.773. The van der Waals surface area contributed by atoms with E-state index in [1.807, 2.05) is 0 Å². The monoisotopic (exact) mass is 297 g/mol. The Morgan fingerprint density at radius 2 is 1.90 bits per heavy atom. The fraction of sp³-hybridized carbons (Fsp3) is 0.933. The molecule has 2 saturated heterocycles. The van der Waals surface area contributed by atoms with Gasteiger partial charge in [0, 0.05) is 63.2 Å². The van der Waals surface area contributed by atoms with Crippen LogP contribution in [0.2, 0.25) is 0 Å². The second-order valence-electron chi connectivity index (χ2n) is 6.45. The Morgan fingerprint density at radius 3 is 2.60 bits per heavy atom. The van der Waals surface area contributed by atoms with E-state index in [0.29, 0.717) is 5.91 Å². The van der Waals surface area contributed by atoms with E-state index in [1.165, 1.54) is 30.9 Å². The van der Waals surface area contributed by atoms with Gasteiger partial charge in [0.15, 0.2) is 0 Å². The van der Waals surface area contributed by atoms with Crippen molar-refractivity contribution in [3.05, 3.63) is 0 Å². The van der Waals surface area contributed by atoms with Gasteiger partial charge in [-0.3, -0.25) is 9.69 Å². The van der Waals surface area contributed by atoms with Crippen molar-refractivity contribution in [3.63, 3.8) is 0 Å². The minimum absolute atomic E-state index is 0.367. The summed E-state index contributed by atoms with van der Waals surface area (Å²) in [5, 5.41) is 0. The molecule has 2 heterocycles. The van der Waals surface area contributed by atoms with Crippen LogP contribution in [0.1, 0.15) is 19.3 Å². The Morgan fingerprint density at radius 1 is 1.15 bits per heavy atom. The molecule has 1 aliphatic carbocycles. The van der Waals surface area contributed by atoms with Crippen LogP contribution in [0.3, 0.4) is 0 Å². The number of nitrogens with zero attached hydrogens (tertiary/aromatic N) is 3. The summed E-state index contributed by atoms with van der Waals surface area (Å²) in [6.45, 7) is 6.04. The van der Waals surface area contributed by atoms with Crippen LogP contribution < -0.4 is 0 Å². The molecule has 0 radical (unpaired) electrons. The molecule has 0 aromatic carbocycles. The third-order valence-electron chi connectivity index (χ3n) is 4.92. The molecule has 20 heavy (non-hydrogen) atoms. The minimum Gasteiger partial charge on any atom is -0.340 e. The largest absolute Gasteiger partial charge is 0.340 e. The van der Waals surface area contributed by atoms with Crippen molar-refractivity contribution < 1.29 is 4.79 Å². The zero-order chi connectivity index (χ0) is 13.9. The summed E-state index contributed by atoms with van der Waals surface area (Å²) in [6, 6.07) is 0.758. The fourth-order valence-electron chi connectivity index (χ4n) is 3.30. The molecule has 0 aromatic heterocycles. The van der Waals surface area contributed by atoms with Gasteiger partial charge in [0.25, 0.3) is 0 Å². The highest BCUT2D eigenvalue weighted by molar-refractivity contribution is 7.99. The van der Waals surface area contributed by atoms with Crippen LogP contribution in [-0.4, -0.2) is 84.5 Å². The highest BCUT2D eigenvalue weighted by Gasteiger charge is 2.36. The van der Waals surface area contributed by atoms with Gasteiger partial charge in [-0.2, -0.15) is 11.8 Å². The number of rotatable bonds is 4. The molecule has 4 nitrogen and oxygen atoms in total. The molecule has 0 spiro atoms. The van der Waals surface area contributed by atoms with Gasteiger partial charge in [0.05, 0.1) is 0 Å². The van der Waals surface area contributed by atoms with Crippen molar-refractivity contribution in [1.29, 1.82) is 0 Å². The predicted molar refractivity (Wildman–Crippen MR) is 84.1 cm³/mol. The lowest BCUT2D eigenvalue weighted by molar-refractivity contribution is -0.133. The third kappa shape index (κ3) is 3.68. The van der Waals surface area contributed by atoms with E-state index in [0.717, 1.165) is 51.1 Å². The number of likely N-dealkylation sites (N-methyl/N-ethyl adjacent to an activating group) is 1. The van der Waals surface area contributed by atoms with Gasteiger partial charge in [-0.15, -0.1) is 0 Å². The molecular weight excluding hydrogens is 270 g/mol. The van der Waals surface area contributed by atoms with Gasteiger partial charge in [-0.1, -0.05) is 0 Å². The topological polar surface area (TPSA) is 26.8 Å². The second-order valence-corrected chi connectivity index (χ2v) is 7.60. The van der Waals surface area contributed by atoms with E-state index >= 15 is 0 Å². The average molecular weight is 297 g/mol. The van der Waals surface area contributed by atoms with E-state index in [4.69, 9.17) is 0 Å². The van der Waals surface area contributed by atoms with Crippen LogP contribution in [-0.2, 0) is 4.79 Å². The molecule has 0 aromatic rings. The highest BCUT2D eigenvalue weighted by atomic mass is 32.2. The van der Waals surface area contributed by atoms with Gasteiger partial charge < -0.3 is 9.80 Å². The summed E-state index contributed by atoms with van der Waals surface area (Å²) in [5.41, 5.74) is 0. The predicted octanol–water partition coefficient (Wildman–Crippen LogP) is 0.978. The Labute approximate surface area is 126 Å². The molecule has 1 saturated carbocycles. The van der Waals surface area contributed by atoms with Gasteiger partial charge in [0.2, 0.25) is 5.91 Å². The molecule has 0 N–H and O–H groups in total. The van der Waals surface area contributed by atoms with E-state index in [-0.39, 0.29) is 0 Å². The summed E-state index contributed by atoms with van der Waals surface area (Å²) in [4.78, 5) is 19.3. The summed E-state index contributed by atoms with van der Waals surface area (Å²) >= 11 is 2.10. The summed E-state index contributed by atoms with van der Waals surface area (Å²) < 4.78 is 0. The Hall–Kier alpha value is -0.260. The standard InChI is InChI=1S/C15H27N3OS/c1-16-6-8-18(9-7-16)15(19)4-5-17-10-11-20-12-14(17)13-2-3-13/h13-14H,2-12H2,1H3/t14-/m1/s1. The van der Waals surface area contributed by atoms with Crippen LogP contribution in [0, 0.1) is 5.92 Å². The summed E-state index contributed by atoms with van der Waals surface area (Å²) in [5.74, 6) is 3.83. The lowest BCUT2D eigenvalue weighted by Crippen LogP contribution is -2.49. The first kappa shape index (κ1) is 14.7. The number of thioether (sulfide) groups is 1. The first-order valence-corrected chi connectivity index (χ1v) is 9.17. The molecule has 5 heteroatoms. The molecule has 1 amide bonds. The van der Waals surface area contributed by atoms with Gasteiger partial charge in [0.1, 0.15) is 0 Å². The van der Waals surface area contributed by atoms with Crippen molar-refractivity contribution in [1.82, 2.24) is 14.7 Å². The molecular formula is C15H27N3OS. The fourth-order valence-corrected chi connectivity index (χ4v) is 4.56. The average Bonchev–Trinajstić information content (AvgIpc) is 3.30. The normalized spacial score (nSPS) is 29.6. The Balaban J connectivity index is 1.44. The van der Waals surface area contributed by atoms with Gasteiger partial charge in [-0.25, -0.2) is 0 Å². The van der Waals surface area contributed by atoms with Crippen LogP contribution in [0.15, 0.2) is 0 Å². The summed E-state index contributed by atoms with van der Waals surface area (Å²) in [6.07, 6.45) is 3.54. The Kier molecular flexibility index (Phi) is 4.89. The maximum Gasteiger partial charge on any atom is 0.223 e. The van der Waals surface area contributed by atoms with Gasteiger partial charge in [-0.05, 0) is 25.8 Å². The molecule has 0 unspecified atom stereocenters. The third-order valence-corrected chi connectivity index (χ3v) is 5.96. The molecule has 2 aliphatic heterocycles. The van der Waals surface area contributed by atoms with Gasteiger partial charge >= 0.3 is 0 Å². The van der Waals surface area contributed by atoms with E-state index in [1.54, 1.807) is 0 Å². The van der Waals surface area contributed by atoms with Crippen LogP contribution in [0.5, 0.6) is 0 Å². The van der Waals surface area contributed by atoms with E-state index < -0.39 is 0 Å². The van der Waals surface area contributed by atoms with E-state index in [9.17, 15) is 4.79 Å². The minimum atomic E-state index is 0.367. The first-order chi connectivity index (χ1) is 9.74. The maximum absolute atomic E-state index is 12.3. The molecule has 3 aliphatic rings. The number of carbonyl (C=O) groups is 1. The summed E-state index contributed by atoms with van der Waals surface area (Å²) in [7, 11) is 2.13. The SMILES string of the molecule is CN1CCN(C(=O)CCN2CCSC[C@@H]2C2CC2)CC1. The smallest absolute Gasteiger partial charge is 0.223 e. The van der Waals surface area contributed by atoms with Crippen molar-refractivity contribution in [2.75, 3.05) is 57.8 Å². The van der Waals surface area contributed by atoms with Crippen molar-refractivity contribution in [2.45, 2.75) is 25.3 Å². The molecule has 114 valence electrons. The number of carbonyl (C=O) groups excluding carboxylic acids is 1. The van der Waals surface area contributed by atoms with Crippen molar-refractivity contribution >= 4 is 17.7 Å². The molecule has 1 atom stereocenters. The first-order valence-electron chi connectivity index (χ1n) is 8.02. The Bertz CT molecular complexity index is 340. The second kappa shape index (κ2) is 6.67. The lowest BCUT2D eigenvalue weighted by atomic mass is 10.1.